The molecule has 2 aromatic heterocycles. The number of halogens is 1. The van der Waals surface area contributed by atoms with Gasteiger partial charge in [-0.2, -0.15) is 0 Å². The molecule has 1 aliphatic rings. The molecule has 0 saturated heterocycles. The fourth-order valence-corrected chi connectivity index (χ4v) is 5.57. The largest absolute Gasteiger partial charge is 0.486 e. The Hall–Kier alpha value is -1.71. The minimum atomic E-state index is -0.269. The van der Waals surface area contributed by atoms with Crippen LogP contribution in [-0.2, 0) is 12.4 Å². The first-order valence-electron chi connectivity index (χ1n) is 9.29. The lowest BCUT2D eigenvalue weighted by atomic mass is 9.96. The van der Waals surface area contributed by atoms with Crippen LogP contribution in [0.5, 0.6) is 5.75 Å². The molecule has 0 bridgehead atoms. The number of nitrogens with zero attached hydrogens (tertiary/aromatic N) is 3. The lowest BCUT2D eigenvalue weighted by Gasteiger charge is -2.21. The number of thioether (sulfide) groups is 1. The summed E-state index contributed by atoms with van der Waals surface area (Å²) in [5.41, 5.74) is 1.00. The zero-order valence-corrected chi connectivity index (χ0v) is 17.7. The summed E-state index contributed by atoms with van der Waals surface area (Å²) in [6.45, 7) is 0.384. The number of thiazole rings is 1. The maximum atomic E-state index is 12.9. The predicted octanol–water partition coefficient (Wildman–Crippen LogP) is 5.75. The van der Waals surface area contributed by atoms with Crippen molar-refractivity contribution in [1.29, 1.82) is 0 Å². The minimum Gasteiger partial charge on any atom is -0.486 e. The van der Waals surface area contributed by atoms with Crippen LogP contribution >= 0.6 is 34.4 Å². The van der Waals surface area contributed by atoms with Gasteiger partial charge in [0.15, 0.2) is 4.34 Å². The molecule has 0 amide bonds. The number of benzene rings is 1. The summed E-state index contributed by atoms with van der Waals surface area (Å²) < 4.78 is 19.5. The highest BCUT2D eigenvalue weighted by Gasteiger charge is 2.15. The summed E-state index contributed by atoms with van der Waals surface area (Å²) in [5, 5.41) is 15.9. The number of aromatic nitrogens is 3. The van der Waals surface area contributed by atoms with Crippen LogP contribution in [0.2, 0.25) is 0 Å². The van der Waals surface area contributed by atoms with Crippen LogP contribution in [0, 0.1) is 5.82 Å². The smallest absolute Gasteiger partial charge is 0.206 e. The van der Waals surface area contributed by atoms with Gasteiger partial charge in [-0.05, 0) is 37.1 Å². The Morgan fingerprint density at radius 3 is 2.79 bits per heavy atom. The van der Waals surface area contributed by atoms with E-state index in [-0.39, 0.29) is 5.82 Å². The van der Waals surface area contributed by atoms with Crippen LogP contribution in [-0.4, -0.2) is 21.2 Å². The summed E-state index contributed by atoms with van der Waals surface area (Å²) in [7, 11) is 0. The molecule has 1 N–H and O–H groups in total. The van der Waals surface area contributed by atoms with Crippen molar-refractivity contribution in [3.05, 3.63) is 46.2 Å². The topological polar surface area (TPSA) is 59.9 Å². The van der Waals surface area contributed by atoms with Crippen molar-refractivity contribution in [1.82, 2.24) is 15.2 Å². The lowest BCUT2D eigenvalue weighted by Crippen LogP contribution is -2.21. The molecule has 28 heavy (non-hydrogen) atoms. The Morgan fingerprint density at radius 1 is 1.14 bits per heavy atom. The van der Waals surface area contributed by atoms with E-state index in [0.29, 0.717) is 18.4 Å². The van der Waals surface area contributed by atoms with E-state index in [0.717, 1.165) is 25.9 Å². The molecule has 9 heteroatoms. The Bertz CT molecular complexity index is 877. The molecule has 1 aliphatic carbocycles. The molecular formula is C19H21FN4OS3. The van der Waals surface area contributed by atoms with Gasteiger partial charge in [-0.15, -0.1) is 21.5 Å². The van der Waals surface area contributed by atoms with Crippen molar-refractivity contribution in [2.75, 3.05) is 5.32 Å². The van der Waals surface area contributed by atoms with Crippen molar-refractivity contribution in [2.24, 2.45) is 0 Å². The highest BCUT2D eigenvalue weighted by molar-refractivity contribution is 8.00. The van der Waals surface area contributed by atoms with E-state index in [2.05, 4.69) is 20.5 Å². The van der Waals surface area contributed by atoms with E-state index in [1.807, 2.05) is 5.38 Å². The van der Waals surface area contributed by atoms with Gasteiger partial charge in [0.05, 0.1) is 5.69 Å². The average molecular weight is 437 g/mol. The van der Waals surface area contributed by atoms with Gasteiger partial charge >= 0.3 is 0 Å². The normalized spacial score (nSPS) is 14.9. The van der Waals surface area contributed by atoms with Gasteiger partial charge in [-0.25, -0.2) is 9.37 Å². The third-order valence-corrected chi connectivity index (χ3v) is 7.35. The fourth-order valence-electron chi connectivity index (χ4n) is 3.04. The van der Waals surface area contributed by atoms with Crippen molar-refractivity contribution in [2.45, 2.75) is 54.8 Å². The molecule has 0 spiro atoms. The van der Waals surface area contributed by atoms with Crippen molar-refractivity contribution >= 4 is 39.6 Å². The molecule has 0 unspecified atom stereocenters. The van der Waals surface area contributed by atoms with E-state index >= 15 is 0 Å². The third-order valence-electron chi connectivity index (χ3n) is 4.46. The van der Waals surface area contributed by atoms with Crippen LogP contribution in [0.4, 0.5) is 9.52 Å². The van der Waals surface area contributed by atoms with Crippen LogP contribution < -0.4 is 10.1 Å². The van der Waals surface area contributed by atoms with E-state index in [1.165, 1.54) is 44.2 Å². The summed E-state index contributed by atoms with van der Waals surface area (Å²) in [6.07, 6.45) is 6.40. The number of hydrogen-bond donors (Lipinski definition) is 1. The zero-order valence-electron chi connectivity index (χ0n) is 15.3. The maximum absolute atomic E-state index is 12.9. The fraction of sp³-hybridized carbons (Fsp3) is 0.421. The minimum absolute atomic E-state index is 0.269. The van der Waals surface area contributed by atoms with E-state index in [1.54, 1.807) is 46.6 Å². The van der Waals surface area contributed by atoms with Crippen molar-refractivity contribution < 1.29 is 9.13 Å². The van der Waals surface area contributed by atoms with Crippen LogP contribution in [0.25, 0.3) is 0 Å². The molecular weight excluding hydrogens is 415 g/mol. The van der Waals surface area contributed by atoms with Gasteiger partial charge in [-0.3, -0.25) is 0 Å². The third kappa shape index (κ3) is 5.65. The Kier molecular flexibility index (Phi) is 6.77. The summed E-state index contributed by atoms with van der Waals surface area (Å²) >= 11 is 4.83. The molecule has 1 saturated carbocycles. The predicted molar refractivity (Wildman–Crippen MR) is 113 cm³/mol. The first-order valence-corrected chi connectivity index (χ1v) is 12.0. The Morgan fingerprint density at radius 2 is 1.96 bits per heavy atom. The van der Waals surface area contributed by atoms with Gasteiger partial charge in [0.25, 0.3) is 0 Å². The molecule has 4 rings (SSSR count). The van der Waals surface area contributed by atoms with Crippen molar-refractivity contribution in [3.63, 3.8) is 0 Å². The molecule has 2 heterocycles. The van der Waals surface area contributed by atoms with E-state index < -0.39 is 0 Å². The molecule has 1 fully saturated rings. The van der Waals surface area contributed by atoms with Crippen LogP contribution in [0.3, 0.4) is 0 Å². The maximum Gasteiger partial charge on any atom is 0.206 e. The van der Waals surface area contributed by atoms with Gasteiger partial charge < -0.3 is 10.1 Å². The summed E-state index contributed by atoms with van der Waals surface area (Å²) in [4.78, 5) is 4.60. The standard InChI is InChI=1S/C19H21FN4OS3/c20-13-6-8-16(9-7-13)25-10-17-21-15(11-26-17)12-27-19-24-23-18(28-19)22-14-4-2-1-3-5-14/h6-9,11,14H,1-5,10,12H2,(H,22,23). The molecule has 1 aromatic carbocycles. The van der Waals surface area contributed by atoms with Crippen molar-refractivity contribution in [3.8, 4) is 5.75 Å². The van der Waals surface area contributed by atoms with Gasteiger partial charge in [0, 0.05) is 17.2 Å². The Labute approximate surface area is 175 Å². The highest BCUT2D eigenvalue weighted by atomic mass is 32.2. The number of rotatable bonds is 8. The number of hydrogen-bond acceptors (Lipinski definition) is 8. The van der Waals surface area contributed by atoms with Crippen LogP contribution in [0.15, 0.2) is 34.0 Å². The first-order chi connectivity index (χ1) is 13.7. The highest BCUT2D eigenvalue weighted by Crippen LogP contribution is 2.30. The second kappa shape index (κ2) is 9.67. The average Bonchev–Trinajstić information content (AvgIpc) is 3.36. The first kappa shape index (κ1) is 19.6. The van der Waals surface area contributed by atoms with Crippen LogP contribution in [0.1, 0.15) is 42.8 Å². The Balaban J connectivity index is 1.23. The quantitative estimate of drug-likeness (QED) is 0.454. The molecule has 0 radical (unpaired) electrons. The lowest BCUT2D eigenvalue weighted by molar-refractivity contribution is 0.305. The SMILES string of the molecule is Fc1ccc(OCc2nc(CSc3nnc(NC4CCCCC4)s3)cs2)cc1. The number of ether oxygens (including phenoxy) is 1. The molecule has 0 aliphatic heterocycles. The molecule has 5 nitrogen and oxygen atoms in total. The molecule has 148 valence electrons. The van der Waals surface area contributed by atoms with Gasteiger partial charge in [-0.1, -0.05) is 42.4 Å². The second-order valence-corrected chi connectivity index (χ2v) is 9.76. The van der Waals surface area contributed by atoms with Gasteiger partial charge in [0.2, 0.25) is 5.13 Å². The summed E-state index contributed by atoms with van der Waals surface area (Å²) in [5.74, 6) is 1.12. The number of anilines is 1. The summed E-state index contributed by atoms with van der Waals surface area (Å²) in [6, 6.07) is 6.56. The van der Waals surface area contributed by atoms with E-state index in [4.69, 9.17) is 4.74 Å². The van der Waals surface area contributed by atoms with E-state index in [9.17, 15) is 4.39 Å². The zero-order chi connectivity index (χ0) is 19.2. The van der Waals surface area contributed by atoms with Gasteiger partial charge in [0.1, 0.15) is 23.2 Å². The number of nitrogens with one attached hydrogen (secondary N) is 1. The second-order valence-electron chi connectivity index (χ2n) is 6.62. The monoisotopic (exact) mass is 436 g/mol. The molecule has 3 aromatic rings. The molecule has 0 atom stereocenters.